The van der Waals surface area contributed by atoms with Crippen LogP contribution in [0.4, 0.5) is 0 Å². The van der Waals surface area contributed by atoms with Gasteiger partial charge in [-0.3, -0.25) is 11.3 Å². The molecule has 2 nitrogen and oxygen atoms in total. The molecule has 20 heavy (non-hydrogen) atoms. The molecule has 0 aliphatic heterocycles. The Hall–Kier alpha value is -1.16. The molecule has 1 aliphatic rings. The highest BCUT2D eigenvalue weighted by Crippen LogP contribution is 2.35. The van der Waals surface area contributed by atoms with Gasteiger partial charge in [-0.05, 0) is 54.7 Å². The molecule has 3 rings (SSSR count). The lowest BCUT2D eigenvalue weighted by atomic mass is 9.77. The number of hydrogen-bond acceptors (Lipinski definition) is 3. The number of hydrazine groups is 1. The van der Waals surface area contributed by atoms with Crippen LogP contribution in [0.3, 0.4) is 0 Å². The van der Waals surface area contributed by atoms with Crippen molar-refractivity contribution in [1.29, 1.82) is 0 Å². The molecule has 3 N–H and O–H groups in total. The number of benzene rings is 1. The van der Waals surface area contributed by atoms with Gasteiger partial charge in [0, 0.05) is 16.8 Å². The number of nitrogens with one attached hydrogen (secondary N) is 1. The minimum Gasteiger partial charge on any atom is -0.271 e. The van der Waals surface area contributed by atoms with Crippen molar-refractivity contribution < 1.29 is 0 Å². The highest BCUT2D eigenvalue weighted by atomic mass is 32.1. The highest BCUT2D eigenvalue weighted by Gasteiger charge is 2.26. The molecule has 3 heteroatoms. The van der Waals surface area contributed by atoms with Crippen molar-refractivity contribution in [2.24, 2.45) is 5.84 Å². The van der Waals surface area contributed by atoms with Gasteiger partial charge in [-0.15, -0.1) is 11.3 Å². The Labute approximate surface area is 125 Å². The summed E-state index contributed by atoms with van der Waals surface area (Å²) < 4.78 is 0. The number of thiophene rings is 1. The van der Waals surface area contributed by atoms with Gasteiger partial charge in [0.15, 0.2) is 0 Å². The fourth-order valence-corrected chi connectivity index (χ4v) is 4.09. The first-order chi connectivity index (χ1) is 9.88. The quantitative estimate of drug-likeness (QED) is 0.650. The standard InChI is InChI=1S/C17H22N2S/c18-19-17(11-10-14-7-4-12-20-14)16-9-3-6-13-5-1-2-8-15(13)16/h1-2,4-5,7-8,12,16-17,19H,3,6,9-11,18H2. The molecule has 0 fully saturated rings. The predicted octanol–water partition coefficient (Wildman–Crippen LogP) is 3.63. The molecule has 2 atom stereocenters. The lowest BCUT2D eigenvalue weighted by Gasteiger charge is -2.32. The van der Waals surface area contributed by atoms with Crippen LogP contribution in [0.15, 0.2) is 41.8 Å². The van der Waals surface area contributed by atoms with E-state index in [1.807, 2.05) is 11.3 Å². The third kappa shape index (κ3) is 2.95. The minimum atomic E-state index is 0.374. The average Bonchev–Trinajstić information content (AvgIpc) is 3.01. The maximum absolute atomic E-state index is 5.85. The van der Waals surface area contributed by atoms with E-state index in [1.54, 1.807) is 0 Å². The first-order valence-corrected chi connectivity index (χ1v) is 8.33. The molecule has 0 radical (unpaired) electrons. The molecule has 0 amide bonds. The maximum Gasteiger partial charge on any atom is 0.0282 e. The number of aryl methyl sites for hydroxylation is 2. The molecule has 106 valence electrons. The molecule has 2 aromatic rings. The van der Waals surface area contributed by atoms with Gasteiger partial charge in [-0.25, -0.2) is 0 Å². The van der Waals surface area contributed by atoms with E-state index in [0.29, 0.717) is 12.0 Å². The number of hydrogen-bond donors (Lipinski definition) is 2. The summed E-state index contributed by atoms with van der Waals surface area (Å²) in [6.07, 6.45) is 5.96. The summed E-state index contributed by atoms with van der Waals surface area (Å²) in [5, 5.41) is 2.15. The summed E-state index contributed by atoms with van der Waals surface area (Å²) in [7, 11) is 0. The Bertz CT molecular complexity index is 536. The summed E-state index contributed by atoms with van der Waals surface area (Å²) in [6.45, 7) is 0. The van der Waals surface area contributed by atoms with E-state index in [9.17, 15) is 0 Å². The van der Waals surface area contributed by atoms with Gasteiger partial charge in [0.2, 0.25) is 0 Å². The number of fused-ring (bicyclic) bond motifs is 1. The molecule has 1 aromatic carbocycles. The molecular formula is C17H22N2S. The predicted molar refractivity (Wildman–Crippen MR) is 85.9 cm³/mol. The normalized spacial score (nSPS) is 19.6. The van der Waals surface area contributed by atoms with Gasteiger partial charge in [-0.1, -0.05) is 30.3 Å². The van der Waals surface area contributed by atoms with E-state index in [4.69, 9.17) is 5.84 Å². The van der Waals surface area contributed by atoms with E-state index in [-0.39, 0.29) is 0 Å². The van der Waals surface area contributed by atoms with Gasteiger partial charge >= 0.3 is 0 Å². The molecule has 1 heterocycles. The third-order valence-corrected chi connectivity index (χ3v) is 5.33. The van der Waals surface area contributed by atoms with E-state index in [0.717, 1.165) is 12.8 Å². The smallest absolute Gasteiger partial charge is 0.0282 e. The van der Waals surface area contributed by atoms with Gasteiger partial charge in [-0.2, -0.15) is 0 Å². The number of nitrogens with two attached hydrogens (primary N) is 1. The van der Waals surface area contributed by atoms with Crippen LogP contribution in [-0.2, 0) is 12.8 Å². The topological polar surface area (TPSA) is 38.0 Å². The molecule has 1 aromatic heterocycles. The van der Waals surface area contributed by atoms with Crippen LogP contribution in [0, 0.1) is 0 Å². The van der Waals surface area contributed by atoms with Gasteiger partial charge in [0.1, 0.15) is 0 Å². The monoisotopic (exact) mass is 286 g/mol. The Balaban J connectivity index is 1.73. The average molecular weight is 286 g/mol. The van der Waals surface area contributed by atoms with Crippen LogP contribution in [0.5, 0.6) is 0 Å². The van der Waals surface area contributed by atoms with E-state index >= 15 is 0 Å². The highest BCUT2D eigenvalue weighted by molar-refractivity contribution is 7.09. The van der Waals surface area contributed by atoms with Crippen LogP contribution in [-0.4, -0.2) is 6.04 Å². The molecule has 0 saturated carbocycles. The first kappa shape index (κ1) is 13.8. The summed E-state index contributed by atoms with van der Waals surface area (Å²) >= 11 is 1.84. The van der Waals surface area contributed by atoms with E-state index < -0.39 is 0 Å². The maximum atomic E-state index is 5.85. The second-order valence-electron chi connectivity index (χ2n) is 5.59. The van der Waals surface area contributed by atoms with Crippen LogP contribution in [0.1, 0.15) is 41.2 Å². The zero-order valence-electron chi connectivity index (χ0n) is 11.7. The van der Waals surface area contributed by atoms with Crippen molar-refractivity contribution >= 4 is 11.3 Å². The van der Waals surface area contributed by atoms with Crippen molar-refractivity contribution in [2.75, 3.05) is 0 Å². The fourth-order valence-electron chi connectivity index (χ4n) is 3.36. The SMILES string of the molecule is NNC(CCc1cccs1)C1CCCc2ccccc21. The molecule has 1 aliphatic carbocycles. The molecule has 0 saturated heterocycles. The fraction of sp³-hybridized carbons (Fsp3) is 0.412. The molecule has 0 spiro atoms. The zero-order valence-corrected chi connectivity index (χ0v) is 12.5. The minimum absolute atomic E-state index is 0.374. The summed E-state index contributed by atoms with van der Waals surface area (Å²) in [4.78, 5) is 1.45. The Morgan fingerprint density at radius 1 is 1.25 bits per heavy atom. The van der Waals surface area contributed by atoms with E-state index in [1.165, 1.54) is 35.3 Å². The Morgan fingerprint density at radius 2 is 2.15 bits per heavy atom. The first-order valence-electron chi connectivity index (χ1n) is 7.45. The summed E-state index contributed by atoms with van der Waals surface area (Å²) in [5.74, 6) is 6.41. The van der Waals surface area contributed by atoms with Gasteiger partial charge < -0.3 is 0 Å². The van der Waals surface area contributed by atoms with Crippen molar-refractivity contribution in [2.45, 2.75) is 44.1 Å². The van der Waals surface area contributed by atoms with Gasteiger partial charge in [0.05, 0.1) is 0 Å². The molecular weight excluding hydrogens is 264 g/mol. The van der Waals surface area contributed by atoms with Crippen LogP contribution < -0.4 is 11.3 Å². The summed E-state index contributed by atoms with van der Waals surface area (Å²) in [6, 6.07) is 13.6. The van der Waals surface area contributed by atoms with Crippen LogP contribution >= 0.6 is 11.3 Å². The second kappa shape index (κ2) is 6.53. The van der Waals surface area contributed by atoms with Crippen molar-refractivity contribution in [3.05, 3.63) is 57.8 Å². The van der Waals surface area contributed by atoms with E-state index in [2.05, 4.69) is 47.2 Å². The Morgan fingerprint density at radius 3 is 2.95 bits per heavy atom. The van der Waals surface area contributed by atoms with Crippen LogP contribution in [0.2, 0.25) is 0 Å². The van der Waals surface area contributed by atoms with Crippen molar-refractivity contribution in [3.8, 4) is 0 Å². The zero-order chi connectivity index (χ0) is 13.8. The second-order valence-corrected chi connectivity index (χ2v) is 6.62. The third-order valence-electron chi connectivity index (χ3n) is 4.40. The lowest BCUT2D eigenvalue weighted by Crippen LogP contribution is -2.41. The molecule has 0 bridgehead atoms. The van der Waals surface area contributed by atoms with Crippen molar-refractivity contribution in [3.63, 3.8) is 0 Å². The Kier molecular flexibility index (Phi) is 4.51. The number of rotatable bonds is 5. The van der Waals surface area contributed by atoms with Gasteiger partial charge in [0.25, 0.3) is 0 Å². The van der Waals surface area contributed by atoms with Crippen molar-refractivity contribution in [1.82, 2.24) is 5.43 Å². The molecule has 2 unspecified atom stereocenters. The largest absolute Gasteiger partial charge is 0.271 e. The van der Waals surface area contributed by atoms with Crippen LogP contribution in [0.25, 0.3) is 0 Å². The summed E-state index contributed by atoms with van der Waals surface area (Å²) in [5.41, 5.74) is 6.10. The lowest BCUT2D eigenvalue weighted by molar-refractivity contribution is 0.379.